The zero-order chi connectivity index (χ0) is 12.1. The van der Waals surface area contributed by atoms with Gasteiger partial charge in [-0.3, -0.25) is 4.68 Å². The maximum atomic E-state index is 8.72. The zero-order valence-corrected chi connectivity index (χ0v) is 9.50. The van der Waals surface area contributed by atoms with Gasteiger partial charge in [-0.2, -0.15) is 10.4 Å². The largest absolute Gasteiger partial charge is 0.454 e. The molecule has 0 radical (unpaired) electrons. The van der Waals surface area contributed by atoms with Crippen molar-refractivity contribution in [3.05, 3.63) is 36.4 Å². The second-order valence-corrected chi connectivity index (χ2v) is 3.53. The van der Waals surface area contributed by atoms with Gasteiger partial charge in [0.15, 0.2) is 5.75 Å². The van der Waals surface area contributed by atoms with Gasteiger partial charge in [0.25, 0.3) is 0 Å². The lowest BCUT2D eigenvalue weighted by Gasteiger charge is -2.01. The predicted molar refractivity (Wildman–Crippen MR) is 61.5 cm³/mol. The first-order chi connectivity index (χ1) is 8.31. The summed E-state index contributed by atoms with van der Waals surface area (Å²) in [6.07, 6.45) is 6.05. The molecule has 0 spiro atoms. The van der Waals surface area contributed by atoms with E-state index in [1.54, 1.807) is 24.5 Å². The van der Waals surface area contributed by atoms with Crippen LogP contribution in [0.3, 0.4) is 0 Å². The Bertz CT molecular complexity index is 541. The van der Waals surface area contributed by atoms with Crippen molar-refractivity contribution in [2.24, 2.45) is 0 Å². The Hall–Kier alpha value is -2.35. The van der Waals surface area contributed by atoms with E-state index in [1.807, 2.05) is 16.9 Å². The summed E-state index contributed by atoms with van der Waals surface area (Å²) in [5, 5.41) is 12.9. The van der Waals surface area contributed by atoms with Crippen molar-refractivity contribution in [1.29, 1.82) is 5.26 Å². The van der Waals surface area contributed by atoms with Crippen LogP contribution in [0.15, 0.2) is 30.7 Å². The molecule has 5 nitrogen and oxygen atoms in total. The van der Waals surface area contributed by atoms with Gasteiger partial charge < -0.3 is 4.74 Å². The molecule has 5 heteroatoms. The number of rotatable bonds is 4. The van der Waals surface area contributed by atoms with Crippen LogP contribution in [0.4, 0.5) is 0 Å². The summed E-state index contributed by atoms with van der Waals surface area (Å²) in [6, 6.07) is 5.27. The van der Waals surface area contributed by atoms with E-state index in [2.05, 4.69) is 17.0 Å². The topological polar surface area (TPSA) is 63.7 Å². The number of pyridine rings is 1. The molecule has 0 saturated carbocycles. The molecular weight excluding hydrogens is 216 g/mol. The molecule has 0 aliphatic heterocycles. The Labute approximate surface area is 99.3 Å². The Morgan fingerprint density at radius 2 is 2.35 bits per heavy atom. The van der Waals surface area contributed by atoms with Crippen molar-refractivity contribution in [3.8, 4) is 17.6 Å². The molecule has 2 heterocycles. The van der Waals surface area contributed by atoms with Crippen LogP contribution in [0, 0.1) is 11.3 Å². The molecule has 0 aliphatic carbocycles. The summed E-state index contributed by atoms with van der Waals surface area (Å²) in [5.74, 6) is 1.25. The van der Waals surface area contributed by atoms with Crippen molar-refractivity contribution < 1.29 is 4.74 Å². The van der Waals surface area contributed by atoms with Gasteiger partial charge in [-0.25, -0.2) is 4.98 Å². The average molecular weight is 228 g/mol. The van der Waals surface area contributed by atoms with Crippen LogP contribution in [0.5, 0.6) is 11.5 Å². The molecule has 86 valence electrons. The van der Waals surface area contributed by atoms with Crippen molar-refractivity contribution in [2.45, 2.75) is 19.9 Å². The molecule has 0 amide bonds. The van der Waals surface area contributed by atoms with Crippen LogP contribution in [0.1, 0.15) is 19.0 Å². The molecule has 0 aromatic carbocycles. The third-order valence-corrected chi connectivity index (χ3v) is 2.14. The van der Waals surface area contributed by atoms with Crippen LogP contribution >= 0.6 is 0 Å². The summed E-state index contributed by atoms with van der Waals surface area (Å²) in [7, 11) is 0. The first kappa shape index (κ1) is 11.1. The fourth-order valence-electron chi connectivity index (χ4n) is 1.42. The van der Waals surface area contributed by atoms with E-state index in [-0.39, 0.29) is 0 Å². The second kappa shape index (κ2) is 5.12. The van der Waals surface area contributed by atoms with E-state index in [9.17, 15) is 0 Å². The van der Waals surface area contributed by atoms with Crippen LogP contribution < -0.4 is 4.74 Å². The highest BCUT2D eigenvalue weighted by Gasteiger charge is 2.02. The molecule has 0 aliphatic rings. The minimum atomic E-state index is 0.337. The molecule has 0 saturated heterocycles. The van der Waals surface area contributed by atoms with Crippen molar-refractivity contribution in [2.75, 3.05) is 0 Å². The highest BCUT2D eigenvalue weighted by atomic mass is 16.5. The van der Waals surface area contributed by atoms with Crippen molar-refractivity contribution >= 4 is 0 Å². The number of ether oxygens (including phenoxy) is 1. The van der Waals surface area contributed by atoms with Gasteiger partial charge >= 0.3 is 0 Å². The molecule has 0 N–H and O–H groups in total. The van der Waals surface area contributed by atoms with E-state index in [4.69, 9.17) is 10.00 Å². The lowest BCUT2D eigenvalue weighted by atomic mass is 10.3. The van der Waals surface area contributed by atoms with E-state index in [1.165, 1.54) is 0 Å². The molecule has 17 heavy (non-hydrogen) atoms. The summed E-state index contributed by atoms with van der Waals surface area (Å²) in [5.41, 5.74) is 0.337. The molecular formula is C12H12N4O. The smallest absolute Gasteiger partial charge is 0.165 e. The minimum Gasteiger partial charge on any atom is -0.454 e. The summed E-state index contributed by atoms with van der Waals surface area (Å²) in [6.45, 7) is 2.95. The second-order valence-electron chi connectivity index (χ2n) is 3.53. The van der Waals surface area contributed by atoms with Crippen molar-refractivity contribution in [3.63, 3.8) is 0 Å². The van der Waals surface area contributed by atoms with Crippen LogP contribution in [-0.2, 0) is 6.54 Å². The maximum Gasteiger partial charge on any atom is 0.165 e. The summed E-state index contributed by atoms with van der Waals surface area (Å²) < 4.78 is 7.39. The van der Waals surface area contributed by atoms with Gasteiger partial charge in [0.1, 0.15) is 17.5 Å². The van der Waals surface area contributed by atoms with E-state index >= 15 is 0 Å². The summed E-state index contributed by atoms with van der Waals surface area (Å²) in [4.78, 5) is 3.87. The normalized spacial score (nSPS) is 9.88. The molecule has 2 rings (SSSR count). The zero-order valence-electron chi connectivity index (χ0n) is 9.50. The predicted octanol–water partition coefficient (Wildman–Crippen LogP) is 2.35. The van der Waals surface area contributed by atoms with Crippen molar-refractivity contribution in [1.82, 2.24) is 14.8 Å². The lowest BCUT2D eigenvalue weighted by molar-refractivity contribution is 0.479. The third kappa shape index (κ3) is 2.82. The SMILES string of the molecule is CCCn1cc(Oc2ccnc(C#N)c2)cn1. The Balaban J connectivity index is 2.11. The Morgan fingerprint density at radius 1 is 1.47 bits per heavy atom. The van der Waals surface area contributed by atoms with E-state index in [0.29, 0.717) is 17.2 Å². The first-order valence-electron chi connectivity index (χ1n) is 5.38. The first-order valence-corrected chi connectivity index (χ1v) is 5.38. The number of nitriles is 1. The number of hydrogen-bond donors (Lipinski definition) is 0. The number of aromatic nitrogens is 3. The van der Waals surface area contributed by atoms with Gasteiger partial charge in [-0.1, -0.05) is 6.92 Å². The average Bonchev–Trinajstić information content (AvgIpc) is 2.77. The van der Waals surface area contributed by atoms with Gasteiger partial charge in [0.2, 0.25) is 0 Å². The Morgan fingerprint density at radius 3 is 3.12 bits per heavy atom. The molecule has 0 unspecified atom stereocenters. The van der Waals surface area contributed by atoms with E-state index in [0.717, 1.165) is 13.0 Å². The van der Waals surface area contributed by atoms with Gasteiger partial charge in [-0.15, -0.1) is 0 Å². The maximum absolute atomic E-state index is 8.72. The number of hydrogen-bond acceptors (Lipinski definition) is 4. The highest BCUT2D eigenvalue weighted by Crippen LogP contribution is 2.20. The van der Waals surface area contributed by atoms with Gasteiger partial charge in [-0.05, 0) is 12.5 Å². The summed E-state index contributed by atoms with van der Waals surface area (Å²) >= 11 is 0. The number of aryl methyl sites for hydroxylation is 1. The van der Waals surface area contributed by atoms with Gasteiger partial charge in [0, 0.05) is 18.8 Å². The van der Waals surface area contributed by atoms with Crippen LogP contribution in [0.25, 0.3) is 0 Å². The lowest BCUT2D eigenvalue weighted by Crippen LogP contribution is -1.95. The minimum absolute atomic E-state index is 0.337. The molecule has 0 atom stereocenters. The van der Waals surface area contributed by atoms with Gasteiger partial charge in [0.05, 0.1) is 12.4 Å². The van der Waals surface area contributed by atoms with E-state index < -0.39 is 0 Å². The Kier molecular flexibility index (Phi) is 3.36. The fourth-order valence-corrected chi connectivity index (χ4v) is 1.42. The van der Waals surface area contributed by atoms with Crippen LogP contribution in [0.2, 0.25) is 0 Å². The monoisotopic (exact) mass is 228 g/mol. The number of nitrogens with zero attached hydrogens (tertiary/aromatic N) is 4. The fraction of sp³-hybridized carbons (Fsp3) is 0.250. The quantitative estimate of drug-likeness (QED) is 0.805. The molecule has 2 aromatic rings. The molecule has 2 aromatic heterocycles. The molecule has 0 bridgehead atoms. The standard InChI is InChI=1S/C12H12N4O/c1-2-5-16-9-12(8-15-16)17-11-3-4-14-10(6-11)7-13/h3-4,6,8-9H,2,5H2,1H3. The molecule has 0 fully saturated rings. The third-order valence-electron chi connectivity index (χ3n) is 2.14. The van der Waals surface area contributed by atoms with Crippen LogP contribution in [-0.4, -0.2) is 14.8 Å². The highest BCUT2D eigenvalue weighted by molar-refractivity contribution is 5.32.